The first-order valence-electron chi connectivity index (χ1n) is 16.4. The molecule has 0 saturated heterocycles. The van der Waals surface area contributed by atoms with Crippen LogP contribution < -0.4 is 32.3 Å². The highest BCUT2D eigenvalue weighted by molar-refractivity contribution is 5.98. The summed E-state index contributed by atoms with van der Waals surface area (Å²) in [6.45, 7) is 4.79. The fourth-order valence-electron chi connectivity index (χ4n) is 5.02. The Morgan fingerprint density at radius 2 is 1.64 bits per heavy atom. The van der Waals surface area contributed by atoms with E-state index in [0.29, 0.717) is 82.9 Å². The summed E-state index contributed by atoms with van der Waals surface area (Å²) in [5.41, 5.74) is 6.94. The van der Waals surface area contributed by atoms with Crippen molar-refractivity contribution >= 4 is 35.8 Å². The number of hydrogen-bond acceptors (Lipinski definition) is 7. The number of nitrogens with one attached hydrogen (secondary N) is 6. The number of aromatic amines is 1. The van der Waals surface area contributed by atoms with Crippen LogP contribution in [0.1, 0.15) is 107 Å². The van der Waals surface area contributed by atoms with Gasteiger partial charge in [-0.05, 0) is 83.2 Å². The summed E-state index contributed by atoms with van der Waals surface area (Å²) < 4.78 is 0. The fourth-order valence-corrected chi connectivity index (χ4v) is 5.02. The SMILES string of the molecule is CC(C)C(=O)NCCC[C@@H]1NC(=O)[C@H](CCCCN)NC(=O)c2c[nH]c(c2)CCCCCC(=O)NCCCC[C@@H](C=O)NC1=O. The smallest absolute Gasteiger partial charge is 0.253 e. The van der Waals surface area contributed by atoms with Gasteiger partial charge in [0.2, 0.25) is 23.6 Å². The lowest BCUT2D eigenvalue weighted by molar-refractivity contribution is -0.131. The number of hydrogen-bond donors (Lipinski definition) is 7. The molecule has 0 saturated carbocycles. The molecule has 0 spiro atoms. The zero-order valence-electron chi connectivity index (χ0n) is 26.9. The number of amides is 5. The first-order chi connectivity index (χ1) is 21.6. The Bertz CT molecular complexity index is 1110. The summed E-state index contributed by atoms with van der Waals surface area (Å²) in [6.07, 6.45) is 9.73. The van der Waals surface area contributed by atoms with Gasteiger partial charge in [0.1, 0.15) is 18.4 Å². The fraction of sp³-hybridized carbons (Fsp3) is 0.688. The highest BCUT2D eigenvalue weighted by Gasteiger charge is 2.28. The van der Waals surface area contributed by atoms with Gasteiger partial charge in [-0.3, -0.25) is 24.0 Å². The maximum Gasteiger partial charge on any atom is 0.253 e. The third-order valence-corrected chi connectivity index (χ3v) is 7.81. The van der Waals surface area contributed by atoms with Crippen molar-refractivity contribution in [2.75, 3.05) is 19.6 Å². The van der Waals surface area contributed by atoms with E-state index in [2.05, 4.69) is 31.6 Å². The van der Waals surface area contributed by atoms with Crippen molar-refractivity contribution in [2.45, 2.75) is 115 Å². The molecular weight excluding hydrogens is 578 g/mol. The first-order valence-corrected chi connectivity index (χ1v) is 16.4. The Balaban J connectivity index is 2.23. The van der Waals surface area contributed by atoms with Crippen LogP contribution in [0.25, 0.3) is 0 Å². The van der Waals surface area contributed by atoms with Crippen molar-refractivity contribution in [3.63, 3.8) is 0 Å². The van der Waals surface area contributed by atoms with E-state index >= 15 is 0 Å². The lowest BCUT2D eigenvalue weighted by Gasteiger charge is -2.24. The van der Waals surface area contributed by atoms with Crippen molar-refractivity contribution in [3.05, 3.63) is 23.5 Å². The highest BCUT2D eigenvalue weighted by Crippen LogP contribution is 2.12. The average Bonchev–Trinajstić information content (AvgIpc) is 3.49. The van der Waals surface area contributed by atoms with Crippen molar-refractivity contribution in [2.24, 2.45) is 11.7 Å². The van der Waals surface area contributed by atoms with Crippen molar-refractivity contribution in [3.8, 4) is 0 Å². The van der Waals surface area contributed by atoms with Crippen LogP contribution in [0.2, 0.25) is 0 Å². The van der Waals surface area contributed by atoms with Gasteiger partial charge >= 0.3 is 0 Å². The number of carbonyl (C=O) groups is 6. The van der Waals surface area contributed by atoms with E-state index in [4.69, 9.17) is 5.73 Å². The maximum atomic E-state index is 13.5. The van der Waals surface area contributed by atoms with E-state index in [1.54, 1.807) is 26.1 Å². The molecule has 45 heavy (non-hydrogen) atoms. The van der Waals surface area contributed by atoms with Crippen LogP contribution in [0.4, 0.5) is 0 Å². The first kappa shape index (κ1) is 37.4. The molecule has 2 heterocycles. The number of H-pyrrole nitrogens is 1. The van der Waals surface area contributed by atoms with Crippen LogP contribution in [0.5, 0.6) is 0 Å². The molecule has 1 aliphatic rings. The van der Waals surface area contributed by atoms with Gasteiger partial charge in [-0.1, -0.05) is 20.3 Å². The van der Waals surface area contributed by atoms with E-state index in [0.717, 1.165) is 31.4 Å². The molecule has 0 radical (unpaired) electrons. The number of fused-ring (bicyclic) bond motifs is 2. The summed E-state index contributed by atoms with van der Waals surface area (Å²) in [4.78, 5) is 79.2. The second-order valence-corrected chi connectivity index (χ2v) is 12.0. The molecule has 2 bridgehead atoms. The van der Waals surface area contributed by atoms with E-state index in [1.165, 1.54) is 0 Å². The molecule has 0 unspecified atom stereocenters. The van der Waals surface area contributed by atoms with Crippen molar-refractivity contribution in [1.29, 1.82) is 0 Å². The minimum atomic E-state index is -0.996. The highest BCUT2D eigenvalue weighted by atomic mass is 16.2. The molecule has 0 aromatic carbocycles. The zero-order chi connectivity index (χ0) is 33.0. The van der Waals surface area contributed by atoms with Crippen LogP contribution in [0, 0.1) is 5.92 Å². The summed E-state index contributed by atoms with van der Waals surface area (Å²) in [5, 5.41) is 14.0. The predicted octanol–water partition coefficient (Wildman–Crippen LogP) is 1.37. The molecule has 2 rings (SSSR count). The van der Waals surface area contributed by atoms with Gasteiger partial charge in [0.05, 0.1) is 11.6 Å². The number of rotatable bonds is 10. The Morgan fingerprint density at radius 1 is 0.933 bits per heavy atom. The van der Waals surface area contributed by atoms with Gasteiger partial charge in [-0.2, -0.15) is 0 Å². The molecule has 1 aromatic rings. The van der Waals surface area contributed by atoms with Crippen LogP contribution in [0.3, 0.4) is 0 Å². The number of unbranched alkanes of at least 4 members (excludes halogenated alkanes) is 1. The Labute approximate surface area is 266 Å². The predicted molar refractivity (Wildman–Crippen MR) is 171 cm³/mol. The van der Waals surface area contributed by atoms with E-state index in [1.807, 2.05) is 0 Å². The summed E-state index contributed by atoms with van der Waals surface area (Å²) >= 11 is 0. The van der Waals surface area contributed by atoms with Crippen LogP contribution >= 0.6 is 0 Å². The van der Waals surface area contributed by atoms with Gasteiger partial charge in [-0.15, -0.1) is 0 Å². The molecule has 3 atom stereocenters. The normalized spacial score (nSPS) is 21.6. The second kappa shape index (κ2) is 21.1. The molecule has 13 nitrogen and oxygen atoms in total. The largest absolute Gasteiger partial charge is 0.364 e. The van der Waals surface area contributed by atoms with Crippen molar-refractivity contribution in [1.82, 2.24) is 31.6 Å². The average molecular weight is 632 g/mol. The number of carbonyl (C=O) groups excluding carboxylic acids is 6. The number of aldehydes is 1. The van der Waals surface area contributed by atoms with Crippen LogP contribution in [-0.2, 0) is 30.4 Å². The van der Waals surface area contributed by atoms with Gasteiger partial charge in [0.15, 0.2) is 0 Å². The quantitative estimate of drug-likeness (QED) is 0.149. The minimum Gasteiger partial charge on any atom is -0.364 e. The van der Waals surface area contributed by atoms with E-state index < -0.39 is 35.8 Å². The molecule has 0 aliphatic carbocycles. The van der Waals surface area contributed by atoms with Crippen molar-refractivity contribution < 1.29 is 28.8 Å². The molecular formula is C32H53N7O6. The summed E-state index contributed by atoms with van der Waals surface area (Å²) in [5.74, 6) is -1.78. The second-order valence-electron chi connectivity index (χ2n) is 12.0. The Kier molecular flexibility index (Phi) is 17.5. The third kappa shape index (κ3) is 14.7. The Hall–Kier alpha value is -3.74. The molecule has 8 N–H and O–H groups in total. The number of aryl methyl sites for hydroxylation is 1. The number of nitrogens with two attached hydrogens (primary N) is 1. The zero-order valence-corrected chi connectivity index (χ0v) is 26.9. The molecule has 13 heteroatoms. The van der Waals surface area contributed by atoms with Crippen LogP contribution in [-0.4, -0.2) is 78.6 Å². The lowest BCUT2D eigenvalue weighted by atomic mass is 10.0. The van der Waals surface area contributed by atoms with Crippen LogP contribution in [0.15, 0.2) is 12.3 Å². The molecule has 1 aliphatic heterocycles. The molecule has 0 fully saturated rings. The topological polar surface area (TPSA) is 204 Å². The molecule has 1 aromatic heterocycles. The van der Waals surface area contributed by atoms with E-state index in [9.17, 15) is 28.8 Å². The summed E-state index contributed by atoms with van der Waals surface area (Å²) in [6, 6.07) is -0.915. The monoisotopic (exact) mass is 631 g/mol. The van der Waals surface area contributed by atoms with Gasteiger partial charge in [-0.25, -0.2) is 0 Å². The summed E-state index contributed by atoms with van der Waals surface area (Å²) in [7, 11) is 0. The van der Waals surface area contributed by atoms with Gasteiger partial charge < -0.3 is 42.1 Å². The standard InChI is InChI=1S/C32H53N7O6/c1-22(2)29(42)35-18-10-14-27-31(44)37-25(21-40)12-7-9-17-34-28(41)15-5-3-4-11-24-19-23(20-36-24)30(43)38-26(32(45)39-27)13-6-8-16-33/h19-22,25-27,36H,3-18,33H2,1-2H3,(H,34,41)(H,35,42)(H,37,44)(H,38,43)(H,39,45)/t25-,26-,27-/m0/s1. The Morgan fingerprint density at radius 3 is 2.38 bits per heavy atom. The third-order valence-electron chi connectivity index (χ3n) is 7.81. The van der Waals surface area contributed by atoms with Gasteiger partial charge in [0, 0.05) is 37.3 Å². The van der Waals surface area contributed by atoms with Gasteiger partial charge in [0.25, 0.3) is 5.91 Å². The molecule has 5 amide bonds. The minimum absolute atomic E-state index is 0.0170. The maximum absolute atomic E-state index is 13.5. The number of aromatic nitrogens is 1. The van der Waals surface area contributed by atoms with E-state index in [-0.39, 0.29) is 24.2 Å². The molecule has 252 valence electrons. The lowest BCUT2D eigenvalue weighted by Crippen LogP contribution is -2.55.